The number of hydrogen-bond acceptors (Lipinski definition) is 2. The highest BCUT2D eigenvalue weighted by Crippen LogP contribution is 2.25. The molecule has 2 aromatic rings. The quantitative estimate of drug-likeness (QED) is 0.851. The van der Waals surface area contributed by atoms with Crippen LogP contribution in [0.25, 0.3) is 10.8 Å². The first kappa shape index (κ1) is 11.1. The number of hydrogen-bond donors (Lipinski definition) is 1. The van der Waals surface area contributed by atoms with Gasteiger partial charge in [-0.05, 0) is 23.3 Å². The van der Waals surface area contributed by atoms with Crippen molar-refractivity contribution >= 4 is 10.8 Å². The van der Waals surface area contributed by atoms with Crippen molar-refractivity contribution < 1.29 is 0 Å². The summed E-state index contributed by atoms with van der Waals surface area (Å²) in [5, 5.41) is 2.39. The van der Waals surface area contributed by atoms with Gasteiger partial charge in [-0.1, -0.05) is 38.1 Å². The van der Waals surface area contributed by atoms with Crippen LogP contribution in [0.2, 0.25) is 0 Å². The van der Waals surface area contributed by atoms with Gasteiger partial charge in [0.1, 0.15) is 0 Å². The molecule has 1 unspecified atom stereocenters. The SMILES string of the molecule is CC(C)CC(N)c1cncc2ccccc12. The van der Waals surface area contributed by atoms with Crippen molar-refractivity contribution in [2.45, 2.75) is 26.3 Å². The van der Waals surface area contributed by atoms with Crippen molar-refractivity contribution in [3.63, 3.8) is 0 Å². The van der Waals surface area contributed by atoms with Gasteiger partial charge in [0.25, 0.3) is 0 Å². The zero-order chi connectivity index (χ0) is 11.5. The van der Waals surface area contributed by atoms with E-state index in [1.807, 2.05) is 24.5 Å². The van der Waals surface area contributed by atoms with Crippen molar-refractivity contribution in [2.75, 3.05) is 0 Å². The molecule has 0 radical (unpaired) electrons. The van der Waals surface area contributed by atoms with E-state index in [-0.39, 0.29) is 6.04 Å². The molecule has 1 heterocycles. The average Bonchev–Trinajstić information content (AvgIpc) is 2.27. The Bertz CT molecular complexity index is 472. The summed E-state index contributed by atoms with van der Waals surface area (Å²) in [4.78, 5) is 4.26. The number of nitrogens with two attached hydrogens (primary N) is 1. The lowest BCUT2D eigenvalue weighted by molar-refractivity contribution is 0.511. The third-order valence-electron chi connectivity index (χ3n) is 2.82. The number of fused-ring (bicyclic) bond motifs is 1. The second kappa shape index (κ2) is 4.62. The molecule has 1 aromatic carbocycles. The molecule has 2 N–H and O–H groups in total. The summed E-state index contributed by atoms with van der Waals surface area (Å²) in [7, 11) is 0. The van der Waals surface area contributed by atoms with Gasteiger partial charge in [0, 0.05) is 23.8 Å². The predicted molar refractivity (Wildman–Crippen MR) is 68.1 cm³/mol. The average molecular weight is 214 g/mol. The molecule has 0 saturated carbocycles. The molecule has 0 aliphatic carbocycles. The zero-order valence-corrected chi connectivity index (χ0v) is 9.85. The molecule has 16 heavy (non-hydrogen) atoms. The van der Waals surface area contributed by atoms with Crippen LogP contribution in [0.15, 0.2) is 36.7 Å². The highest BCUT2D eigenvalue weighted by molar-refractivity contribution is 5.84. The summed E-state index contributed by atoms with van der Waals surface area (Å²) >= 11 is 0. The second-order valence-electron chi connectivity index (χ2n) is 4.69. The smallest absolute Gasteiger partial charge is 0.0346 e. The van der Waals surface area contributed by atoms with E-state index in [4.69, 9.17) is 5.73 Å². The Labute approximate surface area is 96.5 Å². The van der Waals surface area contributed by atoms with Crippen LogP contribution in [0.5, 0.6) is 0 Å². The first-order valence-corrected chi connectivity index (χ1v) is 5.76. The summed E-state index contributed by atoms with van der Waals surface area (Å²) in [5.74, 6) is 0.606. The Morgan fingerprint density at radius 2 is 1.94 bits per heavy atom. The van der Waals surface area contributed by atoms with Crippen molar-refractivity contribution in [1.29, 1.82) is 0 Å². The van der Waals surface area contributed by atoms with Crippen molar-refractivity contribution in [1.82, 2.24) is 4.98 Å². The van der Waals surface area contributed by atoms with Crippen molar-refractivity contribution in [3.05, 3.63) is 42.2 Å². The predicted octanol–water partition coefficient (Wildman–Crippen LogP) is 3.28. The van der Waals surface area contributed by atoms with E-state index < -0.39 is 0 Å². The van der Waals surface area contributed by atoms with Crippen LogP contribution >= 0.6 is 0 Å². The maximum atomic E-state index is 6.22. The molecule has 0 spiro atoms. The van der Waals surface area contributed by atoms with Crippen LogP contribution in [-0.2, 0) is 0 Å². The molecule has 0 saturated heterocycles. The largest absolute Gasteiger partial charge is 0.324 e. The Balaban J connectivity index is 2.44. The minimum atomic E-state index is 0.0820. The molecule has 2 nitrogen and oxygen atoms in total. The fraction of sp³-hybridized carbons (Fsp3) is 0.357. The lowest BCUT2D eigenvalue weighted by Gasteiger charge is -2.16. The topological polar surface area (TPSA) is 38.9 Å². The Hall–Kier alpha value is -1.41. The third kappa shape index (κ3) is 2.22. The van der Waals surface area contributed by atoms with Crippen LogP contribution in [0.1, 0.15) is 31.9 Å². The van der Waals surface area contributed by atoms with E-state index in [1.165, 1.54) is 10.8 Å². The maximum Gasteiger partial charge on any atom is 0.0346 e. The van der Waals surface area contributed by atoms with E-state index in [1.54, 1.807) is 0 Å². The van der Waals surface area contributed by atoms with E-state index in [0.717, 1.165) is 12.0 Å². The molecule has 0 amide bonds. The molecule has 0 aliphatic rings. The van der Waals surface area contributed by atoms with E-state index in [9.17, 15) is 0 Å². The van der Waals surface area contributed by atoms with E-state index in [2.05, 4.69) is 31.0 Å². The lowest BCUT2D eigenvalue weighted by Crippen LogP contribution is -2.13. The Morgan fingerprint density at radius 1 is 1.19 bits per heavy atom. The van der Waals surface area contributed by atoms with Crippen molar-refractivity contribution in [3.8, 4) is 0 Å². The monoisotopic (exact) mass is 214 g/mol. The van der Waals surface area contributed by atoms with Crippen LogP contribution in [0.3, 0.4) is 0 Å². The first-order chi connectivity index (χ1) is 7.68. The fourth-order valence-corrected chi connectivity index (χ4v) is 2.07. The summed E-state index contributed by atoms with van der Waals surface area (Å²) in [6.07, 6.45) is 4.78. The van der Waals surface area contributed by atoms with Crippen LogP contribution in [-0.4, -0.2) is 4.98 Å². The molecular formula is C14H18N2. The number of nitrogens with zero attached hydrogens (tertiary/aromatic N) is 1. The Kier molecular flexibility index (Phi) is 3.20. The van der Waals surface area contributed by atoms with Gasteiger partial charge in [-0.2, -0.15) is 0 Å². The second-order valence-corrected chi connectivity index (χ2v) is 4.69. The minimum Gasteiger partial charge on any atom is -0.324 e. The Morgan fingerprint density at radius 3 is 2.69 bits per heavy atom. The lowest BCUT2D eigenvalue weighted by atomic mass is 9.95. The molecule has 1 atom stereocenters. The summed E-state index contributed by atoms with van der Waals surface area (Å²) in [5.41, 5.74) is 7.38. The molecule has 84 valence electrons. The van der Waals surface area contributed by atoms with Gasteiger partial charge in [-0.15, -0.1) is 0 Å². The molecule has 0 fully saturated rings. The fourth-order valence-electron chi connectivity index (χ4n) is 2.07. The molecular weight excluding hydrogens is 196 g/mol. The van der Waals surface area contributed by atoms with Crippen molar-refractivity contribution in [2.24, 2.45) is 11.7 Å². The molecule has 1 aromatic heterocycles. The first-order valence-electron chi connectivity index (χ1n) is 5.76. The summed E-state index contributed by atoms with van der Waals surface area (Å²) in [6.45, 7) is 4.39. The molecule has 0 aliphatic heterocycles. The number of benzene rings is 1. The third-order valence-corrected chi connectivity index (χ3v) is 2.82. The number of pyridine rings is 1. The van der Waals surface area contributed by atoms with Gasteiger partial charge in [0.05, 0.1) is 0 Å². The number of rotatable bonds is 3. The van der Waals surface area contributed by atoms with Gasteiger partial charge in [0.2, 0.25) is 0 Å². The van der Waals surface area contributed by atoms with E-state index >= 15 is 0 Å². The van der Waals surface area contributed by atoms with Gasteiger partial charge in [-0.25, -0.2) is 0 Å². The van der Waals surface area contributed by atoms with Gasteiger partial charge < -0.3 is 5.73 Å². The van der Waals surface area contributed by atoms with Crippen LogP contribution < -0.4 is 5.73 Å². The van der Waals surface area contributed by atoms with Gasteiger partial charge >= 0.3 is 0 Å². The van der Waals surface area contributed by atoms with Crippen LogP contribution in [0, 0.1) is 5.92 Å². The molecule has 0 bridgehead atoms. The highest BCUT2D eigenvalue weighted by Gasteiger charge is 2.11. The number of aromatic nitrogens is 1. The standard InChI is InChI=1S/C14H18N2/c1-10(2)7-14(15)13-9-16-8-11-5-3-4-6-12(11)13/h3-6,8-10,14H,7,15H2,1-2H3. The maximum absolute atomic E-state index is 6.22. The van der Waals surface area contributed by atoms with Crippen LogP contribution in [0.4, 0.5) is 0 Å². The normalized spacial score (nSPS) is 13.2. The minimum absolute atomic E-state index is 0.0820. The molecule has 2 rings (SSSR count). The van der Waals surface area contributed by atoms with Gasteiger partial charge in [-0.3, -0.25) is 4.98 Å². The van der Waals surface area contributed by atoms with E-state index in [0.29, 0.717) is 5.92 Å². The summed E-state index contributed by atoms with van der Waals surface area (Å²) < 4.78 is 0. The highest BCUT2D eigenvalue weighted by atomic mass is 14.7. The van der Waals surface area contributed by atoms with Gasteiger partial charge in [0.15, 0.2) is 0 Å². The molecule has 2 heteroatoms. The summed E-state index contributed by atoms with van der Waals surface area (Å²) in [6, 6.07) is 8.36. The zero-order valence-electron chi connectivity index (χ0n) is 9.85.